The van der Waals surface area contributed by atoms with Crippen LogP contribution in [0.25, 0.3) is 0 Å². The predicted octanol–water partition coefficient (Wildman–Crippen LogP) is 7.28. The molecule has 0 aromatic heterocycles. The Kier molecular flexibility index (Phi) is 16.6. The molecule has 0 unspecified atom stereocenters. The Hall–Kier alpha value is -0.0452. The van der Waals surface area contributed by atoms with Gasteiger partial charge in [-0.3, -0.25) is 0 Å². The van der Waals surface area contributed by atoms with E-state index in [-0.39, 0.29) is 64.0 Å². The fraction of sp³-hybridized carbons (Fsp3) is 1.00. The van der Waals surface area contributed by atoms with Crippen LogP contribution in [0.3, 0.4) is 0 Å². The van der Waals surface area contributed by atoms with Gasteiger partial charge in [-0.25, -0.2) is 0 Å². The number of hydrogen-bond donors (Lipinski definition) is 0. The van der Waals surface area contributed by atoms with Crippen LogP contribution >= 0.6 is 0 Å². The lowest BCUT2D eigenvalue weighted by Gasteiger charge is -2.43. The Morgan fingerprint density at radius 2 is 0.794 bits per heavy atom. The van der Waals surface area contributed by atoms with Crippen LogP contribution < -0.4 is 0 Å². The van der Waals surface area contributed by atoms with Gasteiger partial charge in [0, 0.05) is 25.0 Å². The second kappa shape index (κ2) is 14.6. The molecule has 0 saturated carbocycles. The van der Waals surface area contributed by atoms with Crippen molar-refractivity contribution in [2.75, 3.05) is 13.2 Å². The van der Waals surface area contributed by atoms with Crippen molar-refractivity contribution < 1.29 is 27.9 Å². The molecule has 0 amide bonds. The summed E-state index contributed by atoms with van der Waals surface area (Å²) in [6.45, 7) is 32.3. The van der Waals surface area contributed by atoms with Gasteiger partial charge < -0.3 is 27.9 Å². The van der Waals surface area contributed by atoms with Gasteiger partial charge in [-0.05, 0) is 75.9 Å². The van der Waals surface area contributed by atoms with Gasteiger partial charge in [0.1, 0.15) is 0 Å². The maximum absolute atomic E-state index is 5.59. The molecule has 0 atom stereocenters. The monoisotopic (exact) mass is 488 g/mol. The quantitative estimate of drug-likeness (QED) is 0.334. The van der Waals surface area contributed by atoms with E-state index in [4.69, 9.17) is 27.9 Å². The lowest BCUT2D eigenvalue weighted by molar-refractivity contribution is -0.0744. The second-order valence-electron chi connectivity index (χ2n) is 11.7. The van der Waals surface area contributed by atoms with E-state index in [9.17, 15) is 0 Å². The standard InChI is InChI=1S/C8H17BO2.C7H15BO2.C6H13BO2.C2H6.2CH4/c1-7(2)6-8(3,4)11-9(5)10-7;1-6(2)7(3,4)10-8(5)9-6;1-6(2)4-8-7(3)9-5-6;1-2;;/h6H2,1-5H3;1-5H3;4-5H2,1-3H3;1-2H3;2*1H4. The molecule has 0 aliphatic carbocycles. The van der Waals surface area contributed by atoms with Crippen molar-refractivity contribution in [1.82, 2.24) is 0 Å². The molecule has 9 heteroatoms. The molecule has 0 N–H and O–H groups in total. The smallest absolute Gasteiger partial charge is 0.411 e. The minimum Gasteiger partial charge on any atom is -0.411 e. The zero-order chi connectivity index (χ0) is 25.6. The van der Waals surface area contributed by atoms with Crippen molar-refractivity contribution in [3.8, 4) is 0 Å². The van der Waals surface area contributed by atoms with Crippen molar-refractivity contribution in [1.29, 1.82) is 0 Å². The minimum atomic E-state index is -0.160. The van der Waals surface area contributed by atoms with Crippen molar-refractivity contribution in [2.45, 2.75) is 147 Å². The first-order valence-corrected chi connectivity index (χ1v) is 12.2. The van der Waals surface area contributed by atoms with Gasteiger partial charge in [-0.15, -0.1) is 0 Å². The Labute approximate surface area is 215 Å². The maximum Gasteiger partial charge on any atom is 0.454 e. The van der Waals surface area contributed by atoms with Crippen molar-refractivity contribution >= 4 is 21.4 Å². The van der Waals surface area contributed by atoms with Gasteiger partial charge in [0.25, 0.3) is 0 Å². The van der Waals surface area contributed by atoms with Crippen LogP contribution in [0.5, 0.6) is 0 Å². The fourth-order valence-corrected chi connectivity index (χ4v) is 3.94. The SMILES string of the molecule is C.C.CB1OC(C)(C)C(C)(C)O1.CB1OC(C)(C)CC(C)(C)O1.CB1OCC(C)(C)CO1.CC. The van der Waals surface area contributed by atoms with Crippen LogP contribution in [0.1, 0.15) is 104 Å². The molecule has 3 rings (SSSR count). The zero-order valence-electron chi connectivity index (χ0n) is 23.8. The van der Waals surface area contributed by atoms with Gasteiger partial charge in [0.15, 0.2) is 0 Å². The van der Waals surface area contributed by atoms with Crippen molar-refractivity contribution in [3.63, 3.8) is 0 Å². The summed E-state index contributed by atoms with van der Waals surface area (Å²) in [5, 5.41) is 0. The second-order valence-corrected chi connectivity index (χ2v) is 11.7. The summed E-state index contributed by atoms with van der Waals surface area (Å²) >= 11 is 0. The largest absolute Gasteiger partial charge is 0.454 e. The van der Waals surface area contributed by atoms with E-state index in [2.05, 4.69) is 69.2 Å². The highest BCUT2D eigenvalue weighted by atomic mass is 16.7. The number of rotatable bonds is 0. The van der Waals surface area contributed by atoms with Crippen molar-refractivity contribution in [3.05, 3.63) is 0 Å². The Bertz CT molecular complexity index is 511. The average molecular weight is 488 g/mol. The van der Waals surface area contributed by atoms with E-state index in [1.165, 1.54) is 0 Å². The van der Waals surface area contributed by atoms with E-state index < -0.39 is 0 Å². The summed E-state index contributed by atoms with van der Waals surface area (Å²) in [5.41, 5.74) is -0.187. The highest BCUT2D eigenvalue weighted by Gasteiger charge is 2.48. The molecular weight excluding hydrogens is 429 g/mol. The molecule has 3 aliphatic rings. The topological polar surface area (TPSA) is 55.4 Å². The van der Waals surface area contributed by atoms with Crippen LogP contribution in [0.2, 0.25) is 20.5 Å². The van der Waals surface area contributed by atoms with Gasteiger partial charge in [-0.2, -0.15) is 0 Å². The first-order valence-electron chi connectivity index (χ1n) is 12.2. The molecule has 204 valence electrons. The first-order chi connectivity index (χ1) is 14.3. The van der Waals surface area contributed by atoms with Crippen LogP contribution in [-0.4, -0.2) is 57.0 Å². The van der Waals surface area contributed by atoms with E-state index in [1.807, 2.05) is 34.3 Å². The van der Waals surface area contributed by atoms with E-state index >= 15 is 0 Å². The molecule has 6 nitrogen and oxygen atoms in total. The third-order valence-electron chi connectivity index (χ3n) is 5.61. The molecule has 3 aliphatic heterocycles. The first kappa shape index (κ1) is 38.5. The normalized spacial score (nSPS) is 25.0. The maximum atomic E-state index is 5.59. The van der Waals surface area contributed by atoms with Gasteiger partial charge in [0.2, 0.25) is 0 Å². The summed E-state index contributed by atoms with van der Waals surface area (Å²) in [4.78, 5) is 0. The summed E-state index contributed by atoms with van der Waals surface area (Å²) in [6, 6.07) is 0. The lowest BCUT2D eigenvalue weighted by atomic mass is 9.81. The number of hydrogen-bond acceptors (Lipinski definition) is 6. The molecule has 0 bridgehead atoms. The predicted molar refractivity (Wildman–Crippen MR) is 151 cm³/mol. The summed E-state index contributed by atoms with van der Waals surface area (Å²) < 4.78 is 32.8. The Morgan fingerprint density at radius 3 is 1.00 bits per heavy atom. The van der Waals surface area contributed by atoms with Crippen LogP contribution in [0.4, 0.5) is 0 Å². The average Bonchev–Trinajstić information content (AvgIpc) is 2.75. The van der Waals surface area contributed by atoms with Gasteiger partial charge in [-0.1, -0.05) is 42.5 Å². The summed E-state index contributed by atoms with van der Waals surface area (Å²) in [6.07, 6.45) is 0.949. The van der Waals surface area contributed by atoms with E-state index in [0.29, 0.717) is 0 Å². The molecule has 3 saturated heterocycles. The Balaban J connectivity index is -0.000000399. The van der Waals surface area contributed by atoms with Crippen LogP contribution in [-0.2, 0) is 27.9 Å². The van der Waals surface area contributed by atoms with Crippen LogP contribution in [0.15, 0.2) is 0 Å². The van der Waals surface area contributed by atoms with E-state index in [0.717, 1.165) is 19.6 Å². The molecule has 0 spiro atoms. The molecule has 34 heavy (non-hydrogen) atoms. The third kappa shape index (κ3) is 13.9. The molecule has 0 aromatic rings. The van der Waals surface area contributed by atoms with Gasteiger partial charge in [0.05, 0.1) is 22.4 Å². The summed E-state index contributed by atoms with van der Waals surface area (Å²) in [5.74, 6) is 0. The van der Waals surface area contributed by atoms with Crippen molar-refractivity contribution in [2.24, 2.45) is 5.41 Å². The molecule has 0 aromatic carbocycles. The zero-order valence-corrected chi connectivity index (χ0v) is 23.8. The lowest BCUT2D eigenvalue weighted by Crippen LogP contribution is -2.50. The molecular formula is C25H59B3O6. The molecule has 3 heterocycles. The fourth-order valence-electron chi connectivity index (χ4n) is 3.94. The molecule has 3 fully saturated rings. The Morgan fingerprint density at radius 1 is 0.500 bits per heavy atom. The van der Waals surface area contributed by atoms with E-state index in [1.54, 1.807) is 0 Å². The summed E-state index contributed by atoms with van der Waals surface area (Å²) in [7, 11) is -0.142. The highest BCUT2D eigenvalue weighted by Crippen LogP contribution is 2.36. The minimum absolute atomic E-state index is 0. The highest BCUT2D eigenvalue weighted by molar-refractivity contribution is 6.43. The van der Waals surface area contributed by atoms with Crippen LogP contribution in [0, 0.1) is 5.41 Å². The molecule has 0 radical (unpaired) electrons. The third-order valence-corrected chi connectivity index (χ3v) is 5.61. The van der Waals surface area contributed by atoms with Gasteiger partial charge >= 0.3 is 21.4 Å².